The quantitative estimate of drug-likeness (QED) is 0.763. The number of piperidine rings is 1. The summed E-state index contributed by atoms with van der Waals surface area (Å²) in [6, 6.07) is 17.1. The Hall–Kier alpha value is -3.15. The Labute approximate surface area is 156 Å². The number of aromatic amines is 1. The van der Waals surface area contributed by atoms with Crippen LogP contribution in [-0.4, -0.2) is 38.7 Å². The smallest absolute Gasteiger partial charge is 0.271 e. The van der Waals surface area contributed by atoms with Crippen LogP contribution in [0.1, 0.15) is 28.5 Å². The largest absolute Gasteiger partial charge is 0.336 e. The van der Waals surface area contributed by atoms with Crippen molar-refractivity contribution in [2.24, 2.45) is 5.92 Å². The van der Waals surface area contributed by atoms with Crippen LogP contribution in [0, 0.1) is 5.92 Å². The maximum Gasteiger partial charge on any atom is 0.271 e. The third-order valence-electron chi connectivity index (χ3n) is 5.64. The first-order chi connectivity index (χ1) is 13.2. The number of hydrogen-bond donors (Lipinski definition) is 1. The van der Waals surface area contributed by atoms with E-state index in [0.717, 1.165) is 23.4 Å². The van der Waals surface area contributed by atoms with E-state index in [2.05, 4.69) is 10.2 Å². The van der Waals surface area contributed by atoms with Gasteiger partial charge in [0.05, 0.1) is 5.69 Å². The normalized spacial score (nSPS) is 21.0. The second-order valence-corrected chi connectivity index (χ2v) is 7.44. The standard InChI is InChI=1S/C21H20N4O2/c26-20-8-4-7-19-16-9-14(12-25(19)20)11-24(13-16)21(27)18-10-17(22-23-18)15-5-2-1-3-6-15/h1-8,10,14,16H,9,11-13H2,(H,22,23)/t14-,16+/m0/s1. The van der Waals surface area contributed by atoms with E-state index in [1.54, 1.807) is 6.07 Å². The Kier molecular flexibility index (Phi) is 3.70. The fraction of sp³-hybridized carbons (Fsp3) is 0.286. The second-order valence-electron chi connectivity index (χ2n) is 7.44. The van der Waals surface area contributed by atoms with E-state index in [1.807, 2.05) is 58.0 Å². The third kappa shape index (κ3) is 2.77. The molecule has 1 fully saturated rings. The first-order valence-corrected chi connectivity index (χ1v) is 9.29. The van der Waals surface area contributed by atoms with Crippen molar-refractivity contribution >= 4 is 5.91 Å². The van der Waals surface area contributed by atoms with Crippen LogP contribution in [0.25, 0.3) is 11.3 Å². The molecule has 0 aliphatic carbocycles. The van der Waals surface area contributed by atoms with Gasteiger partial charge in [0.1, 0.15) is 5.69 Å². The molecule has 6 nitrogen and oxygen atoms in total. The Morgan fingerprint density at radius 3 is 2.74 bits per heavy atom. The van der Waals surface area contributed by atoms with Crippen LogP contribution in [0.5, 0.6) is 0 Å². The zero-order valence-corrected chi connectivity index (χ0v) is 14.8. The van der Waals surface area contributed by atoms with E-state index >= 15 is 0 Å². The number of rotatable bonds is 2. The van der Waals surface area contributed by atoms with Gasteiger partial charge in [-0.1, -0.05) is 36.4 Å². The minimum Gasteiger partial charge on any atom is -0.336 e. The van der Waals surface area contributed by atoms with E-state index in [0.29, 0.717) is 31.2 Å². The van der Waals surface area contributed by atoms with Gasteiger partial charge in [-0.05, 0) is 24.5 Å². The predicted molar refractivity (Wildman–Crippen MR) is 101 cm³/mol. The Morgan fingerprint density at radius 2 is 1.89 bits per heavy atom. The summed E-state index contributed by atoms with van der Waals surface area (Å²) < 4.78 is 1.88. The van der Waals surface area contributed by atoms with Crippen LogP contribution in [0.15, 0.2) is 59.4 Å². The van der Waals surface area contributed by atoms with E-state index in [-0.39, 0.29) is 17.4 Å². The number of aromatic nitrogens is 3. The number of hydrogen-bond acceptors (Lipinski definition) is 3. The lowest BCUT2D eigenvalue weighted by molar-refractivity contribution is 0.0588. The van der Waals surface area contributed by atoms with Crippen molar-refractivity contribution < 1.29 is 4.79 Å². The summed E-state index contributed by atoms with van der Waals surface area (Å²) in [7, 11) is 0. The summed E-state index contributed by atoms with van der Waals surface area (Å²) in [5.74, 6) is 0.509. The predicted octanol–water partition coefficient (Wildman–Crippen LogP) is 2.50. The van der Waals surface area contributed by atoms with Crippen molar-refractivity contribution in [2.75, 3.05) is 13.1 Å². The number of amides is 1. The summed E-state index contributed by atoms with van der Waals surface area (Å²) >= 11 is 0. The molecule has 1 aromatic carbocycles. The molecule has 1 saturated heterocycles. The number of benzene rings is 1. The van der Waals surface area contributed by atoms with E-state index in [9.17, 15) is 9.59 Å². The van der Waals surface area contributed by atoms with Crippen LogP contribution in [0.3, 0.4) is 0 Å². The van der Waals surface area contributed by atoms with Crippen LogP contribution in [0.2, 0.25) is 0 Å². The van der Waals surface area contributed by atoms with Crippen LogP contribution in [-0.2, 0) is 6.54 Å². The average molecular weight is 360 g/mol. The van der Waals surface area contributed by atoms with E-state index in [1.165, 1.54) is 0 Å². The van der Waals surface area contributed by atoms with Gasteiger partial charge in [0.25, 0.3) is 11.5 Å². The average Bonchev–Trinajstić information content (AvgIpc) is 3.19. The molecule has 2 bridgehead atoms. The van der Waals surface area contributed by atoms with Crippen LogP contribution in [0.4, 0.5) is 0 Å². The highest BCUT2D eigenvalue weighted by Crippen LogP contribution is 2.35. The molecule has 2 aliphatic heterocycles. The summed E-state index contributed by atoms with van der Waals surface area (Å²) in [6.45, 7) is 2.00. The molecule has 6 heteroatoms. The monoisotopic (exact) mass is 360 g/mol. The van der Waals surface area contributed by atoms with Gasteiger partial charge >= 0.3 is 0 Å². The molecule has 27 heavy (non-hydrogen) atoms. The molecule has 0 radical (unpaired) electrons. The molecule has 2 aliphatic rings. The number of fused-ring (bicyclic) bond motifs is 4. The molecule has 4 heterocycles. The fourth-order valence-corrected chi connectivity index (χ4v) is 4.42. The molecule has 2 aromatic heterocycles. The molecule has 0 unspecified atom stereocenters. The topological polar surface area (TPSA) is 71.0 Å². The number of nitrogens with one attached hydrogen (secondary N) is 1. The van der Waals surface area contributed by atoms with Crippen molar-refractivity contribution in [3.63, 3.8) is 0 Å². The highest BCUT2D eigenvalue weighted by atomic mass is 16.2. The maximum atomic E-state index is 13.0. The SMILES string of the molecule is O=C(c1cc(-c2ccccc2)n[nH]1)N1C[C@@H]2C[C@H](C1)c1cccc(=O)n1C2. The van der Waals surface area contributed by atoms with Crippen LogP contribution < -0.4 is 5.56 Å². The molecular weight excluding hydrogens is 340 g/mol. The minimum absolute atomic E-state index is 0.0221. The zero-order chi connectivity index (χ0) is 18.4. The van der Waals surface area contributed by atoms with Crippen LogP contribution >= 0.6 is 0 Å². The Balaban J connectivity index is 1.40. The summed E-state index contributed by atoms with van der Waals surface area (Å²) in [5.41, 5.74) is 3.37. The zero-order valence-electron chi connectivity index (χ0n) is 14.8. The molecule has 136 valence electrons. The lowest BCUT2D eigenvalue weighted by atomic mass is 9.83. The van der Waals surface area contributed by atoms with Crippen molar-refractivity contribution in [1.82, 2.24) is 19.7 Å². The Bertz CT molecular complexity index is 1050. The number of nitrogens with zero attached hydrogens (tertiary/aromatic N) is 3. The van der Waals surface area contributed by atoms with Gasteiger partial charge in [0.15, 0.2) is 0 Å². The van der Waals surface area contributed by atoms with Gasteiger partial charge in [0.2, 0.25) is 0 Å². The van der Waals surface area contributed by atoms with Gasteiger partial charge in [-0.25, -0.2) is 0 Å². The summed E-state index contributed by atoms with van der Waals surface area (Å²) in [5, 5.41) is 7.20. The summed E-state index contributed by atoms with van der Waals surface area (Å²) in [4.78, 5) is 27.1. The molecule has 1 N–H and O–H groups in total. The minimum atomic E-state index is -0.0221. The highest BCUT2D eigenvalue weighted by Gasteiger charge is 2.36. The van der Waals surface area contributed by atoms with E-state index in [4.69, 9.17) is 0 Å². The lowest BCUT2D eigenvalue weighted by Gasteiger charge is -2.42. The number of H-pyrrole nitrogens is 1. The maximum absolute atomic E-state index is 13.0. The molecule has 1 amide bonds. The van der Waals surface area contributed by atoms with Gasteiger partial charge in [-0.2, -0.15) is 5.10 Å². The van der Waals surface area contributed by atoms with Crippen molar-refractivity contribution in [1.29, 1.82) is 0 Å². The lowest BCUT2D eigenvalue weighted by Crippen LogP contribution is -2.49. The first-order valence-electron chi connectivity index (χ1n) is 9.29. The molecule has 3 aromatic rings. The van der Waals surface area contributed by atoms with Gasteiger partial charge < -0.3 is 9.47 Å². The molecular formula is C21H20N4O2. The van der Waals surface area contributed by atoms with Gasteiger partial charge in [0, 0.05) is 42.9 Å². The number of likely N-dealkylation sites (tertiary alicyclic amines) is 1. The Morgan fingerprint density at radius 1 is 1.04 bits per heavy atom. The fourth-order valence-electron chi connectivity index (χ4n) is 4.42. The molecule has 0 saturated carbocycles. The van der Waals surface area contributed by atoms with Crippen molar-refractivity contribution in [3.05, 3.63) is 76.3 Å². The molecule has 0 spiro atoms. The number of carbonyl (C=O) groups is 1. The number of carbonyl (C=O) groups excluding carboxylic acids is 1. The van der Waals surface area contributed by atoms with E-state index < -0.39 is 0 Å². The molecule has 5 rings (SSSR count). The van der Waals surface area contributed by atoms with Gasteiger partial charge in [-0.3, -0.25) is 14.7 Å². The highest BCUT2D eigenvalue weighted by molar-refractivity contribution is 5.93. The number of pyridine rings is 1. The van der Waals surface area contributed by atoms with Crippen molar-refractivity contribution in [2.45, 2.75) is 18.9 Å². The first kappa shape index (κ1) is 16.1. The van der Waals surface area contributed by atoms with Crippen molar-refractivity contribution in [3.8, 4) is 11.3 Å². The second kappa shape index (κ2) is 6.23. The summed E-state index contributed by atoms with van der Waals surface area (Å²) in [6.07, 6.45) is 1.03. The molecule has 2 atom stereocenters. The van der Waals surface area contributed by atoms with Gasteiger partial charge in [-0.15, -0.1) is 0 Å². The third-order valence-corrected chi connectivity index (χ3v) is 5.64.